The molecule has 1 aromatic heterocycles. The highest BCUT2D eigenvalue weighted by molar-refractivity contribution is 5.86. The summed E-state index contributed by atoms with van der Waals surface area (Å²) in [7, 11) is 0. The van der Waals surface area contributed by atoms with E-state index in [1.807, 2.05) is 43.5 Å². The zero-order chi connectivity index (χ0) is 24.2. The van der Waals surface area contributed by atoms with E-state index in [9.17, 15) is 9.90 Å². The minimum atomic E-state index is -0.863. The summed E-state index contributed by atoms with van der Waals surface area (Å²) in [6.07, 6.45) is 3.61. The number of nitrogens with zero attached hydrogens (tertiary/aromatic N) is 2. The van der Waals surface area contributed by atoms with Crippen molar-refractivity contribution in [3.63, 3.8) is 0 Å². The summed E-state index contributed by atoms with van der Waals surface area (Å²) >= 11 is 0. The SMILES string of the molecule is C[C@H](c1cccc2ccccc12)N(CC1CCN(Cc2ccoc2)CC1c1ccccc1)C(=O)O. The fourth-order valence-electron chi connectivity index (χ4n) is 5.59. The van der Waals surface area contributed by atoms with Crippen LogP contribution >= 0.6 is 0 Å². The molecule has 2 unspecified atom stereocenters. The maximum Gasteiger partial charge on any atom is 0.407 e. The van der Waals surface area contributed by atoms with E-state index in [4.69, 9.17) is 4.42 Å². The standard InChI is InChI=1S/C30H32N2O3/c1-22(27-13-7-11-24-10-5-6-12-28(24)27)32(30(33)34)19-26-14-16-31(18-23-15-17-35-21-23)20-29(26)25-8-3-2-4-9-25/h2-13,15,17,21-22,26,29H,14,16,18-20H2,1H3,(H,33,34)/t22-,26?,29?/m1/s1. The molecular formula is C30H32N2O3. The van der Waals surface area contributed by atoms with E-state index >= 15 is 0 Å². The van der Waals surface area contributed by atoms with Crippen molar-refractivity contribution in [2.45, 2.75) is 31.8 Å². The molecule has 0 aliphatic carbocycles. The number of likely N-dealkylation sites (tertiary alicyclic amines) is 1. The zero-order valence-electron chi connectivity index (χ0n) is 20.1. The minimum Gasteiger partial charge on any atom is -0.472 e. The summed E-state index contributed by atoms with van der Waals surface area (Å²) < 4.78 is 5.27. The molecule has 35 heavy (non-hydrogen) atoms. The van der Waals surface area contributed by atoms with E-state index in [0.717, 1.165) is 42.4 Å². The third-order valence-corrected chi connectivity index (χ3v) is 7.47. The molecule has 1 aliphatic rings. The summed E-state index contributed by atoms with van der Waals surface area (Å²) in [6, 6.07) is 26.7. The first-order valence-electron chi connectivity index (χ1n) is 12.4. The highest BCUT2D eigenvalue weighted by atomic mass is 16.4. The number of fused-ring (bicyclic) bond motifs is 1. The normalized spacial score (nSPS) is 19.5. The second kappa shape index (κ2) is 10.4. The molecule has 1 aliphatic heterocycles. The molecule has 1 fully saturated rings. The Morgan fingerprint density at radius 3 is 2.60 bits per heavy atom. The molecule has 3 aromatic carbocycles. The van der Waals surface area contributed by atoms with Crippen LogP contribution in [0.2, 0.25) is 0 Å². The van der Waals surface area contributed by atoms with Crippen molar-refractivity contribution >= 4 is 16.9 Å². The van der Waals surface area contributed by atoms with Gasteiger partial charge in [-0.05, 0) is 53.8 Å². The number of hydrogen-bond acceptors (Lipinski definition) is 3. The maximum atomic E-state index is 12.5. The van der Waals surface area contributed by atoms with Crippen molar-refractivity contribution in [3.8, 4) is 0 Å². The lowest BCUT2D eigenvalue weighted by molar-refractivity contribution is 0.0884. The summed E-state index contributed by atoms with van der Waals surface area (Å²) in [5.74, 6) is 0.505. The number of furan rings is 1. The predicted octanol–water partition coefficient (Wildman–Crippen LogP) is 6.78. The lowest BCUT2D eigenvalue weighted by atomic mass is 9.80. The van der Waals surface area contributed by atoms with Crippen LogP contribution in [0.1, 0.15) is 42.0 Å². The molecule has 3 atom stereocenters. The lowest BCUT2D eigenvalue weighted by Crippen LogP contribution is -2.45. The van der Waals surface area contributed by atoms with Gasteiger partial charge in [-0.2, -0.15) is 0 Å². The molecule has 1 saturated heterocycles. The number of amides is 1. The Hall–Kier alpha value is -3.57. The van der Waals surface area contributed by atoms with Crippen LogP contribution in [0.4, 0.5) is 4.79 Å². The third kappa shape index (κ3) is 5.10. The number of rotatable bonds is 7. The van der Waals surface area contributed by atoms with Gasteiger partial charge in [0, 0.05) is 31.1 Å². The Bertz CT molecular complexity index is 1250. The molecule has 1 amide bonds. The summed E-state index contributed by atoms with van der Waals surface area (Å²) in [5, 5.41) is 12.5. The quantitative estimate of drug-likeness (QED) is 0.325. The summed E-state index contributed by atoms with van der Waals surface area (Å²) in [5.41, 5.74) is 3.50. The van der Waals surface area contributed by atoms with Gasteiger partial charge in [-0.15, -0.1) is 0 Å². The Labute approximate surface area is 206 Å². The highest BCUT2D eigenvalue weighted by Crippen LogP contribution is 2.36. The number of hydrogen-bond donors (Lipinski definition) is 1. The number of benzene rings is 3. The second-order valence-electron chi connectivity index (χ2n) is 9.61. The Balaban J connectivity index is 1.40. The molecule has 2 heterocycles. The third-order valence-electron chi connectivity index (χ3n) is 7.47. The van der Waals surface area contributed by atoms with E-state index in [1.165, 1.54) is 11.1 Å². The number of piperidine rings is 1. The van der Waals surface area contributed by atoms with Crippen LogP contribution in [-0.4, -0.2) is 40.6 Å². The smallest absolute Gasteiger partial charge is 0.407 e. The van der Waals surface area contributed by atoms with Crippen molar-refractivity contribution < 1.29 is 14.3 Å². The van der Waals surface area contributed by atoms with E-state index < -0.39 is 6.09 Å². The van der Waals surface area contributed by atoms with Gasteiger partial charge < -0.3 is 14.4 Å². The Kier molecular flexibility index (Phi) is 6.87. The van der Waals surface area contributed by atoms with Crippen LogP contribution in [0.3, 0.4) is 0 Å². The first-order valence-corrected chi connectivity index (χ1v) is 12.4. The van der Waals surface area contributed by atoms with Crippen molar-refractivity contribution in [3.05, 3.63) is 108 Å². The molecule has 0 spiro atoms. The largest absolute Gasteiger partial charge is 0.472 e. The maximum absolute atomic E-state index is 12.5. The molecule has 5 rings (SSSR count). The molecule has 0 saturated carbocycles. The fraction of sp³-hybridized carbons (Fsp3) is 0.300. The molecule has 4 aromatic rings. The van der Waals surface area contributed by atoms with Crippen LogP contribution in [0.5, 0.6) is 0 Å². The van der Waals surface area contributed by atoms with Crippen molar-refractivity contribution in [2.24, 2.45) is 5.92 Å². The predicted molar refractivity (Wildman–Crippen MR) is 138 cm³/mol. The average molecular weight is 469 g/mol. The molecule has 0 bridgehead atoms. The molecule has 0 radical (unpaired) electrons. The fourth-order valence-corrected chi connectivity index (χ4v) is 5.59. The van der Waals surface area contributed by atoms with E-state index in [2.05, 4.69) is 53.4 Å². The van der Waals surface area contributed by atoms with Crippen LogP contribution in [0, 0.1) is 5.92 Å². The minimum absolute atomic E-state index is 0.237. The Morgan fingerprint density at radius 1 is 1.06 bits per heavy atom. The van der Waals surface area contributed by atoms with Crippen molar-refractivity contribution in [2.75, 3.05) is 19.6 Å². The first-order chi connectivity index (χ1) is 17.1. The van der Waals surface area contributed by atoms with Gasteiger partial charge in [-0.3, -0.25) is 4.90 Å². The molecule has 1 N–H and O–H groups in total. The van der Waals surface area contributed by atoms with Crippen molar-refractivity contribution in [1.29, 1.82) is 0 Å². The Morgan fingerprint density at radius 2 is 1.83 bits per heavy atom. The van der Waals surface area contributed by atoms with Crippen LogP contribution in [0.25, 0.3) is 10.8 Å². The van der Waals surface area contributed by atoms with Gasteiger partial charge in [0.2, 0.25) is 0 Å². The molecule has 180 valence electrons. The van der Waals surface area contributed by atoms with Gasteiger partial charge >= 0.3 is 6.09 Å². The van der Waals surface area contributed by atoms with Gasteiger partial charge in [0.1, 0.15) is 0 Å². The first kappa shape index (κ1) is 23.2. The van der Waals surface area contributed by atoms with E-state index in [-0.39, 0.29) is 17.9 Å². The van der Waals surface area contributed by atoms with Gasteiger partial charge in [-0.1, -0.05) is 72.8 Å². The molecule has 5 heteroatoms. The number of carboxylic acid groups (broad SMARTS) is 1. The van der Waals surface area contributed by atoms with Gasteiger partial charge in [-0.25, -0.2) is 4.79 Å². The highest BCUT2D eigenvalue weighted by Gasteiger charge is 2.34. The van der Waals surface area contributed by atoms with Gasteiger partial charge in [0.05, 0.1) is 18.6 Å². The van der Waals surface area contributed by atoms with Gasteiger partial charge in [0.25, 0.3) is 0 Å². The average Bonchev–Trinajstić information content (AvgIpc) is 3.40. The van der Waals surface area contributed by atoms with Crippen molar-refractivity contribution in [1.82, 2.24) is 9.80 Å². The summed E-state index contributed by atoms with van der Waals surface area (Å²) in [4.78, 5) is 16.7. The molecule has 5 nitrogen and oxygen atoms in total. The monoisotopic (exact) mass is 468 g/mol. The summed E-state index contributed by atoms with van der Waals surface area (Å²) in [6.45, 7) is 5.22. The van der Waals surface area contributed by atoms with Gasteiger partial charge in [0.15, 0.2) is 0 Å². The van der Waals surface area contributed by atoms with Crippen LogP contribution in [0.15, 0.2) is 95.8 Å². The van der Waals surface area contributed by atoms with E-state index in [0.29, 0.717) is 6.54 Å². The second-order valence-corrected chi connectivity index (χ2v) is 9.61. The number of carbonyl (C=O) groups is 1. The van der Waals surface area contributed by atoms with Crippen LogP contribution < -0.4 is 0 Å². The topological polar surface area (TPSA) is 56.9 Å². The molecular weight excluding hydrogens is 436 g/mol. The lowest BCUT2D eigenvalue weighted by Gasteiger charge is -2.41. The van der Waals surface area contributed by atoms with Crippen LogP contribution in [-0.2, 0) is 6.54 Å². The van der Waals surface area contributed by atoms with E-state index in [1.54, 1.807) is 11.2 Å². The zero-order valence-corrected chi connectivity index (χ0v) is 20.1.